The van der Waals surface area contributed by atoms with Crippen LogP contribution in [0.3, 0.4) is 0 Å². The Morgan fingerprint density at radius 1 is 0.923 bits per heavy atom. The van der Waals surface area contributed by atoms with Crippen molar-refractivity contribution in [1.82, 2.24) is 10.2 Å². The summed E-state index contributed by atoms with van der Waals surface area (Å²) >= 11 is 12.3. The van der Waals surface area contributed by atoms with Crippen molar-refractivity contribution in [1.29, 1.82) is 0 Å². The Hall–Kier alpha value is -3.07. The molecule has 0 spiro atoms. The number of carbonyl (C=O) groups excluding carboxylic acids is 2. The molecule has 3 rings (SSSR count). The summed E-state index contributed by atoms with van der Waals surface area (Å²) in [6, 6.07) is 19.0. The summed E-state index contributed by atoms with van der Waals surface area (Å²) in [6.45, 7) is 5.55. The molecule has 0 aliphatic heterocycles. The fourth-order valence-corrected chi connectivity index (χ4v) is 5.94. The number of benzene rings is 3. The van der Waals surface area contributed by atoms with Gasteiger partial charge in [0.05, 0.1) is 10.6 Å². The van der Waals surface area contributed by atoms with E-state index in [1.165, 1.54) is 23.1 Å². The van der Waals surface area contributed by atoms with Gasteiger partial charge in [-0.1, -0.05) is 73.4 Å². The number of hydrogen-bond acceptors (Lipinski definition) is 4. The van der Waals surface area contributed by atoms with E-state index in [2.05, 4.69) is 5.32 Å². The molecular weight excluding hydrogens is 557 g/mol. The zero-order valence-corrected chi connectivity index (χ0v) is 24.6. The van der Waals surface area contributed by atoms with Crippen molar-refractivity contribution in [2.45, 2.75) is 51.1 Å². The molecule has 0 aliphatic rings. The first-order chi connectivity index (χ1) is 18.6. The quantitative estimate of drug-likeness (QED) is 0.288. The number of nitrogens with zero attached hydrogens (tertiary/aromatic N) is 2. The maximum Gasteiger partial charge on any atom is 0.264 e. The predicted molar refractivity (Wildman–Crippen MR) is 157 cm³/mol. The van der Waals surface area contributed by atoms with Crippen molar-refractivity contribution < 1.29 is 18.0 Å². The number of rotatable bonds is 12. The van der Waals surface area contributed by atoms with Crippen LogP contribution < -0.4 is 9.62 Å². The van der Waals surface area contributed by atoms with Crippen LogP contribution in [0.4, 0.5) is 5.69 Å². The zero-order chi connectivity index (χ0) is 28.6. The maximum atomic E-state index is 14.0. The van der Waals surface area contributed by atoms with Gasteiger partial charge in [0, 0.05) is 23.1 Å². The summed E-state index contributed by atoms with van der Waals surface area (Å²) in [4.78, 5) is 28.6. The first kappa shape index (κ1) is 30.5. The third kappa shape index (κ3) is 7.75. The molecule has 10 heteroatoms. The second kappa shape index (κ2) is 13.8. The van der Waals surface area contributed by atoms with Crippen molar-refractivity contribution in [2.24, 2.45) is 0 Å². The number of carbonyl (C=O) groups is 2. The molecule has 1 N–H and O–H groups in total. The molecule has 208 valence electrons. The number of amides is 2. The minimum absolute atomic E-state index is 0.0363. The van der Waals surface area contributed by atoms with Crippen molar-refractivity contribution in [3.05, 3.63) is 94.0 Å². The van der Waals surface area contributed by atoms with E-state index in [9.17, 15) is 18.0 Å². The van der Waals surface area contributed by atoms with Crippen LogP contribution in [0.5, 0.6) is 0 Å². The van der Waals surface area contributed by atoms with Gasteiger partial charge >= 0.3 is 0 Å². The summed E-state index contributed by atoms with van der Waals surface area (Å²) in [6.07, 6.45) is 1.08. The van der Waals surface area contributed by atoms with Gasteiger partial charge in [0.2, 0.25) is 11.8 Å². The molecule has 0 unspecified atom stereocenters. The van der Waals surface area contributed by atoms with Crippen LogP contribution in [0.25, 0.3) is 0 Å². The summed E-state index contributed by atoms with van der Waals surface area (Å²) in [7, 11) is -4.16. The lowest BCUT2D eigenvalue weighted by Crippen LogP contribution is -2.52. The molecule has 3 aromatic carbocycles. The normalized spacial score (nSPS) is 12.0. The summed E-state index contributed by atoms with van der Waals surface area (Å²) < 4.78 is 28.8. The molecule has 0 fully saturated rings. The molecule has 2 amide bonds. The smallest absolute Gasteiger partial charge is 0.264 e. The minimum atomic E-state index is -4.16. The molecule has 0 bridgehead atoms. The average Bonchev–Trinajstić information content (AvgIpc) is 2.93. The third-order valence-electron chi connectivity index (χ3n) is 6.25. The number of nitrogens with one attached hydrogen (secondary N) is 1. The first-order valence-corrected chi connectivity index (χ1v) is 14.9. The lowest BCUT2D eigenvalue weighted by atomic mass is 10.1. The molecule has 0 saturated heterocycles. The van der Waals surface area contributed by atoms with Gasteiger partial charge in [0.15, 0.2) is 0 Å². The highest BCUT2D eigenvalue weighted by Gasteiger charge is 2.34. The van der Waals surface area contributed by atoms with Gasteiger partial charge in [-0.3, -0.25) is 13.9 Å². The highest BCUT2D eigenvalue weighted by atomic mass is 35.5. The highest BCUT2D eigenvalue weighted by Crippen LogP contribution is 2.30. The maximum absolute atomic E-state index is 14.0. The van der Waals surface area contributed by atoms with Gasteiger partial charge in [0.25, 0.3) is 10.0 Å². The standard InChI is InChI=1S/C29H33Cl2N3O4S/c1-4-17-32-29(36)26(5-2)33(19-22-12-15-23(30)16-13-22)28(35)20-34(27-18-24(31)14-11-21(27)3)39(37,38)25-9-7-6-8-10-25/h6-16,18,26H,4-5,17,19-20H2,1-3H3,(H,32,36)/t26-/m1/s1. The number of hydrogen-bond donors (Lipinski definition) is 1. The predicted octanol–water partition coefficient (Wildman–Crippen LogP) is 5.83. The van der Waals surface area contributed by atoms with E-state index < -0.39 is 28.5 Å². The van der Waals surface area contributed by atoms with E-state index in [0.717, 1.165) is 16.3 Å². The van der Waals surface area contributed by atoms with Gasteiger partial charge < -0.3 is 10.2 Å². The Morgan fingerprint density at radius 3 is 2.18 bits per heavy atom. The Kier molecular flexibility index (Phi) is 10.8. The second-order valence-electron chi connectivity index (χ2n) is 9.12. The van der Waals surface area contributed by atoms with E-state index >= 15 is 0 Å². The number of anilines is 1. The highest BCUT2D eigenvalue weighted by molar-refractivity contribution is 7.92. The van der Waals surface area contributed by atoms with E-state index in [1.807, 2.05) is 13.8 Å². The lowest BCUT2D eigenvalue weighted by Gasteiger charge is -2.33. The number of aryl methyl sites for hydroxylation is 1. The average molecular weight is 591 g/mol. The third-order valence-corrected chi connectivity index (χ3v) is 8.51. The topological polar surface area (TPSA) is 86.8 Å². The monoisotopic (exact) mass is 589 g/mol. The van der Waals surface area contributed by atoms with Crippen molar-refractivity contribution in [3.8, 4) is 0 Å². The van der Waals surface area contributed by atoms with E-state index in [0.29, 0.717) is 28.6 Å². The van der Waals surface area contributed by atoms with Crippen LogP contribution in [0.1, 0.15) is 37.8 Å². The fourth-order valence-electron chi connectivity index (χ4n) is 4.16. The first-order valence-electron chi connectivity index (χ1n) is 12.7. The van der Waals surface area contributed by atoms with Crippen LogP contribution in [0.15, 0.2) is 77.7 Å². The molecule has 3 aromatic rings. The van der Waals surface area contributed by atoms with Crippen LogP contribution in [0.2, 0.25) is 10.0 Å². The Labute approximate surface area is 240 Å². The van der Waals surface area contributed by atoms with Gasteiger partial charge in [-0.25, -0.2) is 8.42 Å². The van der Waals surface area contributed by atoms with E-state index in [1.54, 1.807) is 61.5 Å². The van der Waals surface area contributed by atoms with Crippen LogP contribution in [0, 0.1) is 6.92 Å². The molecule has 39 heavy (non-hydrogen) atoms. The molecule has 0 radical (unpaired) electrons. The van der Waals surface area contributed by atoms with Gasteiger partial charge in [-0.05, 0) is 67.3 Å². The van der Waals surface area contributed by atoms with Gasteiger partial charge in [0.1, 0.15) is 12.6 Å². The van der Waals surface area contributed by atoms with E-state index in [4.69, 9.17) is 23.2 Å². The number of halogens is 2. The SMILES string of the molecule is CCCNC(=O)[C@@H](CC)N(Cc1ccc(Cl)cc1)C(=O)CN(c1cc(Cl)ccc1C)S(=O)(=O)c1ccccc1. The van der Waals surface area contributed by atoms with Crippen molar-refractivity contribution in [3.63, 3.8) is 0 Å². The zero-order valence-electron chi connectivity index (χ0n) is 22.2. The minimum Gasteiger partial charge on any atom is -0.354 e. The summed E-state index contributed by atoms with van der Waals surface area (Å²) in [5.41, 5.74) is 1.67. The molecular formula is C29H33Cl2N3O4S. The Bertz CT molecular complexity index is 1380. The van der Waals surface area contributed by atoms with Crippen LogP contribution in [-0.2, 0) is 26.2 Å². The molecule has 0 aliphatic carbocycles. The van der Waals surface area contributed by atoms with Crippen LogP contribution >= 0.6 is 23.2 Å². The van der Waals surface area contributed by atoms with E-state index in [-0.39, 0.29) is 23.0 Å². The Balaban J connectivity index is 2.07. The van der Waals surface area contributed by atoms with Crippen molar-refractivity contribution >= 4 is 50.7 Å². The second-order valence-corrected chi connectivity index (χ2v) is 11.9. The van der Waals surface area contributed by atoms with Gasteiger partial charge in [-0.15, -0.1) is 0 Å². The molecule has 0 heterocycles. The molecule has 0 saturated carbocycles. The van der Waals surface area contributed by atoms with Crippen molar-refractivity contribution in [2.75, 3.05) is 17.4 Å². The summed E-state index contributed by atoms with van der Waals surface area (Å²) in [5.74, 6) is -0.819. The van der Waals surface area contributed by atoms with Gasteiger partial charge in [-0.2, -0.15) is 0 Å². The lowest BCUT2D eigenvalue weighted by molar-refractivity contribution is -0.140. The molecule has 0 aromatic heterocycles. The largest absolute Gasteiger partial charge is 0.354 e. The fraction of sp³-hybridized carbons (Fsp3) is 0.310. The van der Waals surface area contributed by atoms with Crippen LogP contribution in [-0.4, -0.2) is 44.3 Å². The molecule has 7 nitrogen and oxygen atoms in total. The Morgan fingerprint density at radius 2 is 1.56 bits per heavy atom. The summed E-state index contributed by atoms with van der Waals surface area (Å²) in [5, 5.41) is 3.74. The molecule has 1 atom stereocenters. The number of sulfonamides is 1.